The van der Waals surface area contributed by atoms with Gasteiger partial charge in [-0.25, -0.2) is 0 Å². The smallest absolute Gasteiger partial charge is 0.249 e. The van der Waals surface area contributed by atoms with Gasteiger partial charge in [-0.05, 0) is 24.1 Å². The largest absolute Gasteiger partial charge is 0.344 e. The van der Waals surface area contributed by atoms with Crippen molar-refractivity contribution >= 4 is 29.9 Å². The van der Waals surface area contributed by atoms with Crippen LogP contribution in [0.4, 0.5) is 5.69 Å². The van der Waals surface area contributed by atoms with Crippen molar-refractivity contribution in [3.05, 3.63) is 66.2 Å². The molecule has 0 spiro atoms. The molecule has 0 bridgehead atoms. The molecule has 3 atom stereocenters. The molecular formula is C20H24ClN3O2. The zero-order chi connectivity index (χ0) is 17.8. The molecule has 3 N–H and O–H groups in total. The van der Waals surface area contributed by atoms with E-state index in [9.17, 15) is 9.59 Å². The van der Waals surface area contributed by atoms with Gasteiger partial charge < -0.3 is 16.0 Å². The van der Waals surface area contributed by atoms with Gasteiger partial charge in [-0.2, -0.15) is 0 Å². The summed E-state index contributed by atoms with van der Waals surface area (Å²) >= 11 is 0. The third-order valence-corrected chi connectivity index (χ3v) is 4.73. The molecule has 1 aliphatic heterocycles. The molecule has 2 aromatic carbocycles. The van der Waals surface area contributed by atoms with Crippen LogP contribution in [0.3, 0.4) is 0 Å². The molecule has 3 rings (SSSR count). The third kappa shape index (κ3) is 4.23. The van der Waals surface area contributed by atoms with Crippen molar-refractivity contribution in [3.8, 4) is 0 Å². The molecule has 0 aromatic heterocycles. The number of rotatable bonds is 5. The average molecular weight is 374 g/mol. The van der Waals surface area contributed by atoms with Gasteiger partial charge in [0.2, 0.25) is 11.8 Å². The van der Waals surface area contributed by atoms with Gasteiger partial charge >= 0.3 is 0 Å². The highest BCUT2D eigenvalue weighted by Crippen LogP contribution is 2.23. The van der Waals surface area contributed by atoms with Crippen LogP contribution in [0.15, 0.2) is 60.7 Å². The Hall–Kier alpha value is -2.37. The second-order valence-corrected chi connectivity index (χ2v) is 6.40. The number of halogens is 1. The number of nitrogens with two attached hydrogens (primary N) is 1. The Kier molecular flexibility index (Phi) is 6.77. The van der Waals surface area contributed by atoms with Crippen molar-refractivity contribution in [2.45, 2.75) is 25.4 Å². The molecule has 138 valence electrons. The maximum Gasteiger partial charge on any atom is 0.249 e. The number of nitrogens with zero attached hydrogens (tertiary/aromatic N) is 1. The first-order chi connectivity index (χ1) is 12.1. The molecular weight excluding hydrogens is 350 g/mol. The predicted octanol–water partition coefficient (Wildman–Crippen LogP) is 2.67. The number of nitrogens with one attached hydrogen (secondary N) is 1. The minimum absolute atomic E-state index is 0. The molecule has 2 amide bonds. The van der Waals surface area contributed by atoms with Gasteiger partial charge in [0.05, 0.1) is 5.92 Å². The Morgan fingerprint density at radius 1 is 1.12 bits per heavy atom. The lowest BCUT2D eigenvalue weighted by Crippen LogP contribution is -2.45. The number of carbonyl (C=O) groups is 2. The second-order valence-electron chi connectivity index (χ2n) is 6.40. The zero-order valence-electron chi connectivity index (χ0n) is 14.7. The maximum absolute atomic E-state index is 12.6. The van der Waals surface area contributed by atoms with E-state index in [2.05, 4.69) is 5.32 Å². The van der Waals surface area contributed by atoms with Gasteiger partial charge in [0.1, 0.15) is 6.04 Å². The first-order valence-electron chi connectivity index (χ1n) is 8.55. The van der Waals surface area contributed by atoms with E-state index < -0.39 is 18.0 Å². The monoisotopic (exact) mass is 373 g/mol. The first-order valence-corrected chi connectivity index (χ1v) is 8.55. The molecule has 1 heterocycles. The topological polar surface area (TPSA) is 75.4 Å². The molecule has 1 saturated heterocycles. The highest BCUT2D eigenvalue weighted by Gasteiger charge is 2.35. The van der Waals surface area contributed by atoms with Crippen LogP contribution in [0.2, 0.25) is 0 Å². The van der Waals surface area contributed by atoms with Crippen LogP contribution in [0.1, 0.15) is 24.9 Å². The highest BCUT2D eigenvalue weighted by molar-refractivity contribution is 6.01. The number of carbonyl (C=O) groups excluding carboxylic acids is 2. The molecule has 1 aliphatic rings. The van der Waals surface area contributed by atoms with Crippen molar-refractivity contribution in [2.75, 3.05) is 11.4 Å². The fraction of sp³-hybridized carbons (Fsp3) is 0.300. The summed E-state index contributed by atoms with van der Waals surface area (Å²) in [4.78, 5) is 26.8. The van der Waals surface area contributed by atoms with Crippen molar-refractivity contribution in [1.29, 1.82) is 0 Å². The molecule has 3 unspecified atom stereocenters. The summed E-state index contributed by atoms with van der Waals surface area (Å²) in [6, 6.07) is 18.2. The normalized spacial score (nSPS) is 18.8. The van der Waals surface area contributed by atoms with Crippen LogP contribution < -0.4 is 16.0 Å². The second kappa shape index (κ2) is 8.83. The molecule has 1 fully saturated rings. The fourth-order valence-corrected chi connectivity index (χ4v) is 3.11. The Labute approximate surface area is 160 Å². The van der Waals surface area contributed by atoms with Crippen LogP contribution >= 0.6 is 12.4 Å². The van der Waals surface area contributed by atoms with Crippen LogP contribution in [0.5, 0.6) is 0 Å². The molecule has 5 nitrogen and oxygen atoms in total. The molecule has 0 radical (unpaired) electrons. The van der Waals surface area contributed by atoms with Crippen LogP contribution in [0.25, 0.3) is 0 Å². The summed E-state index contributed by atoms with van der Waals surface area (Å²) < 4.78 is 0. The molecule has 26 heavy (non-hydrogen) atoms. The number of hydrogen-bond donors (Lipinski definition) is 2. The zero-order valence-corrected chi connectivity index (χ0v) is 15.5. The average Bonchev–Trinajstić information content (AvgIpc) is 3.02. The minimum atomic E-state index is -0.488. The van der Waals surface area contributed by atoms with Gasteiger partial charge in [-0.15, -0.1) is 12.4 Å². The fourth-order valence-electron chi connectivity index (χ4n) is 3.11. The Bertz CT molecular complexity index is 739. The van der Waals surface area contributed by atoms with E-state index in [0.29, 0.717) is 13.0 Å². The van der Waals surface area contributed by atoms with Crippen molar-refractivity contribution in [3.63, 3.8) is 0 Å². The van der Waals surface area contributed by atoms with Gasteiger partial charge in [-0.1, -0.05) is 55.5 Å². The summed E-state index contributed by atoms with van der Waals surface area (Å²) in [7, 11) is 0. The maximum atomic E-state index is 12.6. The Morgan fingerprint density at radius 3 is 2.31 bits per heavy atom. The van der Waals surface area contributed by atoms with Gasteiger partial charge in [0, 0.05) is 18.3 Å². The lowest BCUT2D eigenvalue weighted by molar-refractivity contribution is -0.129. The predicted molar refractivity (Wildman–Crippen MR) is 105 cm³/mol. The van der Waals surface area contributed by atoms with E-state index in [0.717, 1.165) is 11.3 Å². The Morgan fingerprint density at radius 2 is 1.69 bits per heavy atom. The highest BCUT2D eigenvalue weighted by atomic mass is 35.5. The molecule has 2 aromatic rings. The summed E-state index contributed by atoms with van der Waals surface area (Å²) in [6.07, 6.45) is 0.604. The lowest BCUT2D eigenvalue weighted by atomic mass is 9.94. The van der Waals surface area contributed by atoms with E-state index in [1.54, 1.807) is 11.8 Å². The molecule has 6 heteroatoms. The summed E-state index contributed by atoms with van der Waals surface area (Å²) in [5.74, 6) is -0.675. The number of benzene rings is 2. The SMILES string of the molecule is CC(C(=O)NC1CCN(c2ccccc2)C1=O)C(N)c1ccccc1.Cl. The quantitative estimate of drug-likeness (QED) is 0.846. The summed E-state index contributed by atoms with van der Waals surface area (Å²) in [5, 5.41) is 2.87. The third-order valence-electron chi connectivity index (χ3n) is 4.73. The lowest BCUT2D eigenvalue weighted by Gasteiger charge is -2.22. The van der Waals surface area contributed by atoms with Crippen LogP contribution in [-0.2, 0) is 9.59 Å². The van der Waals surface area contributed by atoms with Crippen LogP contribution in [0, 0.1) is 5.92 Å². The van der Waals surface area contributed by atoms with E-state index in [4.69, 9.17) is 5.73 Å². The van der Waals surface area contributed by atoms with Crippen LogP contribution in [-0.4, -0.2) is 24.4 Å². The minimum Gasteiger partial charge on any atom is -0.344 e. The van der Waals surface area contributed by atoms with Gasteiger partial charge in [0.25, 0.3) is 0 Å². The number of hydrogen-bond acceptors (Lipinski definition) is 3. The molecule has 0 aliphatic carbocycles. The molecule has 0 saturated carbocycles. The van der Waals surface area contributed by atoms with Crippen molar-refractivity contribution < 1.29 is 9.59 Å². The summed E-state index contributed by atoms with van der Waals surface area (Å²) in [5.41, 5.74) is 7.98. The number of amides is 2. The summed E-state index contributed by atoms with van der Waals surface area (Å²) in [6.45, 7) is 2.40. The Balaban J connectivity index is 0.00000243. The number of anilines is 1. The van der Waals surface area contributed by atoms with Crippen molar-refractivity contribution in [2.24, 2.45) is 11.7 Å². The van der Waals surface area contributed by atoms with Gasteiger partial charge in [-0.3, -0.25) is 9.59 Å². The number of para-hydroxylation sites is 1. The van der Waals surface area contributed by atoms with E-state index in [-0.39, 0.29) is 24.2 Å². The first kappa shape index (κ1) is 19.9. The van der Waals surface area contributed by atoms with E-state index >= 15 is 0 Å². The van der Waals surface area contributed by atoms with E-state index in [1.807, 2.05) is 60.7 Å². The van der Waals surface area contributed by atoms with Gasteiger partial charge in [0.15, 0.2) is 0 Å². The standard InChI is InChI=1S/C20H23N3O2.ClH/c1-14(18(21)15-8-4-2-5-9-15)19(24)22-17-12-13-23(20(17)25)16-10-6-3-7-11-16;/h2-11,14,17-18H,12-13,21H2,1H3,(H,22,24);1H. The van der Waals surface area contributed by atoms with Crippen molar-refractivity contribution in [1.82, 2.24) is 5.32 Å². The van der Waals surface area contributed by atoms with E-state index in [1.165, 1.54) is 0 Å².